The van der Waals surface area contributed by atoms with Crippen LogP contribution in [-0.2, 0) is 6.54 Å². The van der Waals surface area contributed by atoms with Crippen LogP contribution in [-0.4, -0.2) is 48.2 Å². The average molecular weight is 423 g/mol. The Morgan fingerprint density at radius 1 is 1.27 bits per heavy atom. The van der Waals surface area contributed by atoms with Gasteiger partial charge in [-0.15, -0.1) is 5.10 Å². The fourth-order valence-electron chi connectivity index (χ4n) is 4.15. The normalized spacial score (nSPS) is 15.2. The third-order valence-electron chi connectivity index (χ3n) is 5.90. The van der Waals surface area contributed by atoms with Crippen molar-refractivity contribution in [1.82, 2.24) is 29.2 Å². The minimum absolute atomic E-state index is 0.0578. The van der Waals surface area contributed by atoms with E-state index in [0.717, 1.165) is 59.0 Å². The summed E-state index contributed by atoms with van der Waals surface area (Å²) in [5.74, 6) is 2.30. The predicted octanol–water partition coefficient (Wildman–Crippen LogP) is 3.56. The molecule has 5 rings (SSSR count). The smallest absolute Gasteiger partial charge is 0.253 e. The van der Waals surface area contributed by atoms with Gasteiger partial charge in [-0.2, -0.15) is 0 Å². The van der Waals surface area contributed by atoms with Crippen molar-refractivity contribution in [2.75, 3.05) is 13.1 Å². The highest BCUT2D eigenvalue weighted by Gasteiger charge is 2.27. The van der Waals surface area contributed by atoms with Gasteiger partial charge in [-0.3, -0.25) is 4.79 Å². The first-order valence-electron chi connectivity index (χ1n) is 10.0. The summed E-state index contributed by atoms with van der Waals surface area (Å²) in [5, 5.41) is 8.13. The fraction of sp³-hybridized carbons (Fsp3) is 0.381. The highest BCUT2D eigenvalue weighted by Crippen LogP contribution is 2.29. The van der Waals surface area contributed by atoms with Crippen LogP contribution >= 0.6 is 11.5 Å². The number of fused-ring (bicyclic) bond motifs is 1. The Labute approximate surface area is 177 Å². The van der Waals surface area contributed by atoms with Gasteiger partial charge in [0.1, 0.15) is 17.1 Å². The van der Waals surface area contributed by atoms with Gasteiger partial charge in [0.05, 0.1) is 16.9 Å². The molecule has 1 amide bonds. The highest BCUT2D eigenvalue weighted by atomic mass is 32.1. The Balaban J connectivity index is 1.27. The Morgan fingerprint density at radius 3 is 2.87 bits per heavy atom. The molecular formula is C21H22N6O2S. The van der Waals surface area contributed by atoms with Crippen LogP contribution in [0.4, 0.5) is 0 Å². The lowest BCUT2D eigenvalue weighted by Crippen LogP contribution is -2.38. The largest absolute Gasteiger partial charge is 0.361 e. The molecule has 0 N–H and O–H groups in total. The van der Waals surface area contributed by atoms with Crippen molar-refractivity contribution in [2.24, 2.45) is 0 Å². The van der Waals surface area contributed by atoms with E-state index in [-0.39, 0.29) is 5.91 Å². The van der Waals surface area contributed by atoms with E-state index in [9.17, 15) is 4.79 Å². The van der Waals surface area contributed by atoms with Crippen LogP contribution in [0.1, 0.15) is 52.0 Å². The monoisotopic (exact) mass is 422 g/mol. The third kappa shape index (κ3) is 3.39. The maximum absolute atomic E-state index is 13.0. The second kappa shape index (κ2) is 7.64. The summed E-state index contributed by atoms with van der Waals surface area (Å²) in [5.41, 5.74) is 3.48. The first-order valence-corrected chi connectivity index (χ1v) is 10.8. The Morgan fingerprint density at radius 2 is 2.10 bits per heavy atom. The summed E-state index contributed by atoms with van der Waals surface area (Å²) in [6.07, 6.45) is 5.65. The van der Waals surface area contributed by atoms with Crippen molar-refractivity contribution in [3.63, 3.8) is 0 Å². The number of aromatic nitrogens is 5. The maximum atomic E-state index is 13.0. The molecular weight excluding hydrogens is 400 g/mol. The zero-order valence-electron chi connectivity index (χ0n) is 16.9. The predicted molar refractivity (Wildman–Crippen MR) is 113 cm³/mol. The lowest BCUT2D eigenvalue weighted by Gasteiger charge is -2.32. The number of carbonyl (C=O) groups is 1. The number of benzene rings is 1. The van der Waals surface area contributed by atoms with E-state index in [0.29, 0.717) is 18.0 Å². The SMILES string of the molecule is Cc1noc(C)c1Cn1ccnc1C1CCN(C(=O)c2ccc3snnc3c2)CC1. The summed E-state index contributed by atoms with van der Waals surface area (Å²) < 4.78 is 12.4. The van der Waals surface area contributed by atoms with Gasteiger partial charge >= 0.3 is 0 Å². The van der Waals surface area contributed by atoms with Crippen LogP contribution in [0.5, 0.6) is 0 Å². The molecule has 1 aromatic carbocycles. The van der Waals surface area contributed by atoms with Gasteiger partial charge in [-0.1, -0.05) is 9.64 Å². The molecule has 0 atom stereocenters. The van der Waals surface area contributed by atoms with E-state index in [1.54, 1.807) is 0 Å². The minimum atomic E-state index is 0.0578. The Hall–Kier alpha value is -3.07. The molecule has 0 spiro atoms. The van der Waals surface area contributed by atoms with Gasteiger partial charge in [0.2, 0.25) is 0 Å². The first-order chi connectivity index (χ1) is 14.6. The van der Waals surface area contributed by atoms with Gasteiger partial charge < -0.3 is 14.0 Å². The number of hydrogen-bond acceptors (Lipinski definition) is 7. The molecule has 30 heavy (non-hydrogen) atoms. The molecule has 0 radical (unpaired) electrons. The molecule has 3 aromatic heterocycles. The highest BCUT2D eigenvalue weighted by molar-refractivity contribution is 7.12. The van der Waals surface area contributed by atoms with Crippen LogP contribution < -0.4 is 0 Å². The van der Waals surface area contributed by atoms with Crippen LogP contribution in [0.2, 0.25) is 0 Å². The second-order valence-electron chi connectivity index (χ2n) is 7.74. The number of aryl methyl sites for hydroxylation is 2. The van der Waals surface area contributed by atoms with Crippen molar-refractivity contribution in [2.45, 2.75) is 39.2 Å². The number of piperidine rings is 1. The van der Waals surface area contributed by atoms with E-state index in [1.807, 2.05) is 49.3 Å². The van der Waals surface area contributed by atoms with E-state index in [4.69, 9.17) is 4.52 Å². The van der Waals surface area contributed by atoms with Gasteiger partial charge in [0, 0.05) is 42.5 Å². The van der Waals surface area contributed by atoms with E-state index in [1.165, 1.54) is 11.5 Å². The quantitative estimate of drug-likeness (QED) is 0.499. The van der Waals surface area contributed by atoms with Crippen LogP contribution in [0.25, 0.3) is 10.2 Å². The molecule has 1 saturated heterocycles. The standard InChI is InChI=1S/C21H22N6O2S/c1-13-17(14(2)29-24-13)12-27-10-7-22-20(27)15-5-8-26(9-6-15)21(28)16-3-4-19-18(11-16)23-25-30-19/h3-4,7,10-11,15H,5-6,8-9,12H2,1-2H3. The number of amides is 1. The molecule has 9 heteroatoms. The van der Waals surface area contributed by atoms with Gasteiger partial charge in [0.25, 0.3) is 5.91 Å². The number of likely N-dealkylation sites (tertiary alicyclic amines) is 1. The molecule has 1 fully saturated rings. The Bertz CT molecular complexity index is 1180. The fourth-order valence-corrected chi connectivity index (χ4v) is 4.69. The number of hydrogen-bond donors (Lipinski definition) is 0. The molecule has 154 valence electrons. The molecule has 0 aliphatic carbocycles. The molecule has 0 unspecified atom stereocenters. The van der Waals surface area contributed by atoms with Gasteiger partial charge in [0.15, 0.2) is 0 Å². The first kappa shape index (κ1) is 18.9. The molecule has 1 aliphatic rings. The molecule has 0 saturated carbocycles. The second-order valence-corrected chi connectivity index (χ2v) is 8.52. The van der Waals surface area contributed by atoms with E-state index >= 15 is 0 Å². The molecule has 8 nitrogen and oxygen atoms in total. The van der Waals surface area contributed by atoms with E-state index < -0.39 is 0 Å². The third-order valence-corrected chi connectivity index (χ3v) is 6.60. The summed E-state index contributed by atoms with van der Waals surface area (Å²) in [4.78, 5) is 19.5. The van der Waals surface area contributed by atoms with Crippen molar-refractivity contribution in [3.05, 3.63) is 59.0 Å². The Kier molecular flexibility index (Phi) is 4.82. The summed E-state index contributed by atoms with van der Waals surface area (Å²) >= 11 is 1.34. The van der Waals surface area contributed by atoms with Crippen LogP contribution in [0.15, 0.2) is 35.1 Å². The average Bonchev–Trinajstić information content (AvgIpc) is 3.50. The summed E-state index contributed by atoms with van der Waals surface area (Å²) in [6.45, 7) is 6.04. The summed E-state index contributed by atoms with van der Waals surface area (Å²) in [7, 11) is 0. The lowest BCUT2D eigenvalue weighted by atomic mass is 9.95. The molecule has 1 aliphatic heterocycles. The lowest BCUT2D eigenvalue weighted by molar-refractivity contribution is 0.0710. The summed E-state index contributed by atoms with van der Waals surface area (Å²) in [6, 6.07) is 5.63. The zero-order chi connectivity index (χ0) is 20.7. The zero-order valence-corrected chi connectivity index (χ0v) is 17.7. The van der Waals surface area contributed by atoms with Crippen molar-refractivity contribution >= 4 is 27.7 Å². The van der Waals surface area contributed by atoms with Gasteiger partial charge in [-0.25, -0.2) is 4.98 Å². The molecule has 4 heterocycles. The maximum Gasteiger partial charge on any atom is 0.253 e. The number of rotatable bonds is 4. The van der Waals surface area contributed by atoms with Crippen LogP contribution in [0, 0.1) is 13.8 Å². The number of carbonyl (C=O) groups excluding carboxylic acids is 1. The minimum Gasteiger partial charge on any atom is -0.361 e. The number of imidazole rings is 1. The molecule has 4 aromatic rings. The molecule has 0 bridgehead atoms. The van der Waals surface area contributed by atoms with Crippen molar-refractivity contribution in [3.8, 4) is 0 Å². The van der Waals surface area contributed by atoms with Gasteiger partial charge in [-0.05, 0) is 56.4 Å². The van der Waals surface area contributed by atoms with Crippen molar-refractivity contribution < 1.29 is 9.32 Å². The number of nitrogens with zero attached hydrogens (tertiary/aromatic N) is 6. The van der Waals surface area contributed by atoms with Crippen molar-refractivity contribution in [1.29, 1.82) is 0 Å². The van der Waals surface area contributed by atoms with Crippen LogP contribution in [0.3, 0.4) is 0 Å². The topological polar surface area (TPSA) is 89.9 Å². The van der Waals surface area contributed by atoms with E-state index in [2.05, 4.69) is 24.3 Å².